The lowest BCUT2D eigenvalue weighted by Gasteiger charge is -1.93. The Balaban J connectivity index is 0.000000461. The van der Waals surface area contributed by atoms with E-state index in [-0.39, 0.29) is 0 Å². The van der Waals surface area contributed by atoms with E-state index in [1.54, 1.807) is 0 Å². The van der Waals surface area contributed by atoms with Gasteiger partial charge in [0.1, 0.15) is 0 Å². The number of hydrogen-bond acceptors (Lipinski definition) is 0. The van der Waals surface area contributed by atoms with Crippen LogP contribution < -0.4 is 0 Å². The molecule has 11 heavy (non-hydrogen) atoms. The smallest absolute Gasteiger partial charge is 0.0175 e. The topological polar surface area (TPSA) is 0 Å². The Kier molecular flexibility index (Phi) is 6.24. The Morgan fingerprint density at radius 1 is 1.09 bits per heavy atom. The van der Waals surface area contributed by atoms with Gasteiger partial charge in [0.05, 0.1) is 0 Å². The number of rotatable bonds is 1. The highest BCUT2D eigenvalue weighted by atomic mass is 79.9. The minimum absolute atomic E-state index is 1.12. The molecule has 0 aromatic heterocycles. The van der Waals surface area contributed by atoms with Crippen LogP contribution in [0.4, 0.5) is 0 Å². The predicted molar refractivity (Wildman–Crippen MR) is 54.9 cm³/mol. The molecule has 0 aliphatic carbocycles. The normalized spacial score (nSPS) is 8.36. The van der Waals surface area contributed by atoms with Gasteiger partial charge in [-0.15, -0.1) is 0 Å². The molecule has 0 amide bonds. The average Bonchev–Trinajstić information content (AvgIpc) is 2.10. The summed E-state index contributed by atoms with van der Waals surface area (Å²) < 4.78 is 1.15. The van der Waals surface area contributed by atoms with E-state index in [2.05, 4.69) is 47.1 Å². The second-order valence-electron chi connectivity index (χ2n) is 1.98. The van der Waals surface area contributed by atoms with Crippen LogP contribution in [0.2, 0.25) is 0 Å². The highest BCUT2D eigenvalue weighted by molar-refractivity contribution is 9.10. The molecule has 0 unspecified atom stereocenters. The summed E-state index contributed by atoms with van der Waals surface area (Å²) in [6, 6.07) is 8.39. The van der Waals surface area contributed by atoms with E-state index >= 15 is 0 Å². The Morgan fingerprint density at radius 2 is 1.55 bits per heavy atom. The van der Waals surface area contributed by atoms with Crippen LogP contribution in [0.25, 0.3) is 0 Å². The van der Waals surface area contributed by atoms with Crippen molar-refractivity contribution in [3.63, 3.8) is 0 Å². The van der Waals surface area contributed by atoms with Gasteiger partial charge in [-0.1, -0.05) is 48.8 Å². The lowest BCUT2D eigenvalue weighted by atomic mass is 10.2. The highest BCUT2D eigenvalue weighted by Gasteiger charge is 1.86. The van der Waals surface area contributed by atoms with Crippen molar-refractivity contribution in [2.24, 2.45) is 0 Å². The number of hydrogen-bond donors (Lipinski definition) is 0. The molecule has 0 saturated carbocycles. The predicted octanol–water partition coefficient (Wildman–Crippen LogP) is 4.04. The summed E-state index contributed by atoms with van der Waals surface area (Å²) in [5.41, 5.74) is 1.39. The molecule has 0 atom stereocenters. The minimum atomic E-state index is 1.12. The molecule has 1 aromatic rings. The Bertz CT molecular complexity index is 177. The van der Waals surface area contributed by atoms with Crippen molar-refractivity contribution in [1.82, 2.24) is 0 Å². The van der Waals surface area contributed by atoms with E-state index < -0.39 is 0 Å². The molecule has 0 fully saturated rings. The Labute approximate surface area is 77.8 Å². The molecule has 0 nitrogen and oxygen atoms in total. The number of aryl methyl sites for hydroxylation is 1. The first-order valence-electron chi connectivity index (χ1n) is 4.07. The third-order valence-electron chi connectivity index (χ3n) is 1.32. The summed E-state index contributed by atoms with van der Waals surface area (Å²) >= 11 is 3.37. The van der Waals surface area contributed by atoms with Crippen LogP contribution in [0, 0.1) is 0 Å². The van der Waals surface area contributed by atoms with Crippen LogP contribution in [-0.2, 0) is 6.42 Å². The van der Waals surface area contributed by atoms with Gasteiger partial charge in [0.2, 0.25) is 0 Å². The van der Waals surface area contributed by atoms with E-state index in [1.807, 2.05) is 13.8 Å². The van der Waals surface area contributed by atoms with E-state index in [0.29, 0.717) is 0 Å². The Morgan fingerprint density at radius 3 is 1.91 bits per heavy atom. The summed E-state index contributed by atoms with van der Waals surface area (Å²) in [4.78, 5) is 0. The first-order chi connectivity index (χ1) is 5.33. The van der Waals surface area contributed by atoms with Crippen LogP contribution in [0.3, 0.4) is 0 Å². The minimum Gasteiger partial charge on any atom is -0.0683 e. The maximum atomic E-state index is 3.37. The van der Waals surface area contributed by atoms with Crippen molar-refractivity contribution >= 4 is 15.9 Å². The standard InChI is InChI=1S/C8H9Br.C2H6/c1-2-7-3-5-8(9)6-4-7;1-2/h3-6H,2H2,1H3;1-2H3. The molecule has 1 heteroatoms. The fourth-order valence-corrected chi connectivity index (χ4v) is 0.984. The van der Waals surface area contributed by atoms with Gasteiger partial charge in [-0.3, -0.25) is 0 Å². The van der Waals surface area contributed by atoms with Gasteiger partial charge in [0, 0.05) is 4.47 Å². The fraction of sp³-hybridized carbons (Fsp3) is 0.400. The van der Waals surface area contributed by atoms with Crippen LogP contribution in [0.5, 0.6) is 0 Å². The average molecular weight is 215 g/mol. The third-order valence-corrected chi connectivity index (χ3v) is 1.85. The van der Waals surface area contributed by atoms with E-state index in [4.69, 9.17) is 0 Å². The summed E-state index contributed by atoms with van der Waals surface area (Å²) in [6.07, 6.45) is 1.12. The first-order valence-corrected chi connectivity index (χ1v) is 4.86. The van der Waals surface area contributed by atoms with Gasteiger partial charge >= 0.3 is 0 Å². The molecule has 0 radical (unpaired) electrons. The van der Waals surface area contributed by atoms with Gasteiger partial charge in [-0.25, -0.2) is 0 Å². The molecule has 0 aliphatic heterocycles. The summed E-state index contributed by atoms with van der Waals surface area (Å²) in [6.45, 7) is 6.16. The van der Waals surface area contributed by atoms with Gasteiger partial charge < -0.3 is 0 Å². The van der Waals surface area contributed by atoms with Gasteiger partial charge in [0.15, 0.2) is 0 Å². The van der Waals surface area contributed by atoms with Crippen molar-refractivity contribution in [3.05, 3.63) is 34.3 Å². The third kappa shape index (κ3) is 4.20. The number of benzene rings is 1. The van der Waals surface area contributed by atoms with Crippen molar-refractivity contribution in [2.45, 2.75) is 27.2 Å². The lowest BCUT2D eigenvalue weighted by Crippen LogP contribution is -1.75. The molecule has 0 spiro atoms. The summed E-state index contributed by atoms with van der Waals surface area (Å²) in [5.74, 6) is 0. The van der Waals surface area contributed by atoms with E-state index in [9.17, 15) is 0 Å². The van der Waals surface area contributed by atoms with Crippen LogP contribution in [0.1, 0.15) is 26.3 Å². The molecule has 0 bridgehead atoms. The number of halogens is 1. The molecule has 0 saturated heterocycles. The lowest BCUT2D eigenvalue weighted by molar-refractivity contribution is 1.14. The molecule has 0 aliphatic rings. The molecular formula is C10H15Br. The largest absolute Gasteiger partial charge is 0.0683 e. The van der Waals surface area contributed by atoms with Crippen molar-refractivity contribution in [3.8, 4) is 0 Å². The second-order valence-corrected chi connectivity index (χ2v) is 2.90. The monoisotopic (exact) mass is 214 g/mol. The molecule has 0 heterocycles. The Hall–Kier alpha value is -0.300. The van der Waals surface area contributed by atoms with Crippen LogP contribution in [0.15, 0.2) is 28.7 Å². The molecular weight excluding hydrogens is 200 g/mol. The highest BCUT2D eigenvalue weighted by Crippen LogP contribution is 2.10. The SMILES string of the molecule is CC.CCc1ccc(Br)cc1. The van der Waals surface area contributed by atoms with E-state index in [0.717, 1.165) is 10.9 Å². The van der Waals surface area contributed by atoms with E-state index in [1.165, 1.54) is 5.56 Å². The fourth-order valence-electron chi connectivity index (χ4n) is 0.720. The maximum Gasteiger partial charge on any atom is 0.0175 e. The van der Waals surface area contributed by atoms with Crippen molar-refractivity contribution in [2.75, 3.05) is 0 Å². The van der Waals surface area contributed by atoms with Crippen LogP contribution >= 0.6 is 15.9 Å². The molecule has 1 rings (SSSR count). The molecule has 0 N–H and O–H groups in total. The molecule has 1 aromatic carbocycles. The first kappa shape index (κ1) is 10.7. The zero-order valence-corrected chi connectivity index (χ0v) is 8.98. The van der Waals surface area contributed by atoms with Crippen molar-refractivity contribution in [1.29, 1.82) is 0 Å². The summed E-state index contributed by atoms with van der Waals surface area (Å²) in [7, 11) is 0. The zero-order chi connectivity index (χ0) is 8.69. The van der Waals surface area contributed by atoms with Gasteiger partial charge in [-0.2, -0.15) is 0 Å². The van der Waals surface area contributed by atoms with Crippen LogP contribution in [-0.4, -0.2) is 0 Å². The second kappa shape index (κ2) is 6.41. The summed E-state index contributed by atoms with van der Waals surface area (Å²) in [5, 5.41) is 0. The van der Waals surface area contributed by atoms with Crippen molar-refractivity contribution < 1.29 is 0 Å². The quantitative estimate of drug-likeness (QED) is 0.663. The van der Waals surface area contributed by atoms with Gasteiger partial charge in [0.25, 0.3) is 0 Å². The zero-order valence-electron chi connectivity index (χ0n) is 7.39. The van der Waals surface area contributed by atoms with Gasteiger partial charge in [-0.05, 0) is 24.1 Å². The molecule has 62 valence electrons. The maximum absolute atomic E-state index is 3.37.